The van der Waals surface area contributed by atoms with Crippen LogP contribution >= 0.6 is 0 Å². The first-order valence-electron chi connectivity index (χ1n) is 9.90. The van der Waals surface area contributed by atoms with Crippen LogP contribution in [0.5, 0.6) is 11.5 Å². The molecule has 0 aliphatic carbocycles. The minimum absolute atomic E-state index is 0.0226. The molecule has 1 amide bonds. The molecule has 1 heterocycles. The summed E-state index contributed by atoms with van der Waals surface area (Å²) in [5.74, 6) is -3.99. The number of ether oxygens (including phenoxy) is 2. The number of aliphatic hydroxyl groups is 1. The van der Waals surface area contributed by atoms with E-state index in [9.17, 15) is 23.5 Å². The van der Waals surface area contributed by atoms with Crippen LogP contribution in [0.1, 0.15) is 17.2 Å². The van der Waals surface area contributed by atoms with Gasteiger partial charge in [-0.2, -0.15) is 0 Å². The molecule has 1 saturated heterocycles. The maximum atomic E-state index is 14.0. The monoisotopic (exact) mass is 451 g/mol. The zero-order chi connectivity index (χ0) is 23.7. The summed E-state index contributed by atoms with van der Waals surface area (Å²) in [4.78, 5) is 27.2. The molecule has 0 radical (unpaired) electrons. The van der Waals surface area contributed by atoms with Gasteiger partial charge in [0.1, 0.15) is 17.3 Å². The molecule has 3 aromatic rings. The van der Waals surface area contributed by atoms with Crippen LogP contribution in [0.3, 0.4) is 0 Å². The van der Waals surface area contributed by atoms with E-state index < -0.39 is 35.1 Å². The van der Waals surface area contributed by atoms with Crippen molar-refractivity contribution in [2.24, 2.45) is 0 Å². The van der Waals surface area contributed by atoms with Gasteiger partial charge in [0.15, 0.2) is 11.6 Å². The highest BCUT2D eigenvalue weighted by Crippen LogP contribution is 2.43. The van der Waals surface area contributed by atoms with E-state index in [2.05, 4.69) is 0 Å². The lowest BCUT2D eigenvalue weighted by atomic mass is 9.95. The van der Waals surface area contributed by atoms with Crippen LogP contribution in [0, 0.1) is 11.6 Å². The number of rotatable bonds is 5. The normalized spacial score (nSPS) is 17.3. The van der Waals surface area contributed by atoms with Gasteiger partial charge in [0.25, 0.3) is 11.7 Å². The smallest absolute Gasteiger partial charge is 0.300 e. The molecule has 1 unspecified atom stereocenters. The Morgan fingerprint density at radius 2 is 1.64 bits per heavy atom. The van der Waals surface area contributed by atoms with Crippen molar-refractivity contribution in [2.75, 3.05) is 19.1 Å². The predicted molar refractivity (Wildman–Crippen MR) is 117 cm³/mol. The Morgan fingerprint density at radius 3 is 2.27 bits per heavy atom. The largest absolute Gasteiger partial charge is 0.507 e. The minimum atomic E-state index is -1.17. The van der Waals surface area contributed by atoms with Gasteiger partial charge in [-0.3, -0.25) is 14.5 Å². The van der Waals surface area contributed by atoms with E-state index in [4.69, 9.17) is 9.47 Å². The van der Waals surface area contributed by atoms with Crippen LogP contribution in [0.25, 0.3) is 5.76 Å². The van der Waals surface area contributed by atoms with Crippen LogP contribution in [0.4, 0.5) is 14.5 Å². The van der Waals surface area contributed by atoms with Gasteiger partial charge in [0, 0.05) is 17.8 Å². The zero-order valence-electron chi connectivity index (χ0n) is 17.7. The molecule has 3 aromatic carbocycles. The quantitative estimate of drug-likeness (QED) is 0.348. The topological polar surface area (TPSA) is 76.1 Å². The zero-order valence-corrected chi connectivity index (χ0v) is 17.7. The van der Waals surface area contributed by atoms with Crippen LogP contribution in [0.2, 0.25) is 0 Å². The highest BCUT2D eigenvalue weighted by atomic mass is 19.2. The van der Waals surface area contributed by atoms with Crippen LogP contribution in [0.15, 0.2) is 72.3 Å². The van der Waals surface area contributed by atoms with Crippen LogP contribution in [-0.2, 0) is 9.59 Å². The lowest BCUT2D eigenvalue weighted by molar-refractivity contribution is -0.132. The van der Waals surface area contributed by atoms with E-state index in [1.54, 1.807) is 36.4 Å². The Labute approximate surface area is 188 Å². The molecule has 6 nitrogen and oxygen atoms in total. The number of carbonyl (C=O) groups is 2. The summed E-state index contributed by atoms with van der Waals surface area (Å²) in [6.45, 7) is 0. The number of benzene rings is 3. The average molecular weight is 451 g/mol. The Balaban J connectivity index is 1.96. The fourth-order valence-electron chi connectivity index (χ4n) is 3.82. The highest BCUT2D eigenvalue weighted by Gasteiger charge is 2.47. The van der Waals surface area contributed by atoms with Gasteiger partial charge in [0.05, 0.1) is 31.4 Å². The van der Waals surface area contributed by atoms with E-state index in [1.807, 2.05) is 0 Å². The summed E-state index contributed by atoms with van der Waals surface area (Å²) in [6, 6.07) is 14.9. The van der Waals surface area contributed by atoms with Gasteiger partial charge in [-0.1, -0.05) is 30.3 Å². The SMILES string of the molecule is COc1ccc(/C(O)=C2/C(=O)C(=O)N(c3ccc(F)c(F)c3)C2c2ccccc2)c(OC)c1. The molecule has 1 atom stereocenters. The summed E-state index contributed by atoms with van der Waals surface area (Å²) < 4.78 is 38.0. The van der Waals surface area contributed by atoms with Crippen molar-refractivity contribution in [3.05, 3.63) is 95.1 Å². The number of hydrogen-bond donors (Lipinski definition) is 1. The van der Waals surface area contributed by atoms with E-state index in [0.717, 1.165) is 17.0 Å². The number of ketones is 1. The van der Waals surface area contributed by atoms with Gasteiger partial charge >= 0.3 is 0 Å². The third-order valence-electron chi connectivity index (χ3n) is 5.40. The van der Waals surface area contributed by atoms with E-state index in [0.29, 0.717) is 11.3 Å². The van der Waals surface area contributed by atoms with Gasteiger partial charge in [-0.25, -0.2) is 8.78 Å². The molecule has 0 bridgehead atoms. The number of nitrogens with zero attached hydrogens (tertiary/aromatic N) is 1. The van der Waals surface area contributed by atoms with Gasteiger partial charge in [-0.15, -0.1) is 0 Å². The van der Waals surface area contributed by atoms with E-state index >= 15 is 0 Å². The van der Waals surface area contributed by atoms with Crippen molar-refractivity contribution >= 4 is 23.1 Å². The lowest BCUT2D eigenvalue weighted by Gasteiger charge is -2.25. The maximum Gasteiger partial charge on any atom is 0.300 e. The summed E-state index contributed by atoms with van der Waals surface area (Å²) in [7, 11) is 2.86. The first-order chi connectivity index (χ1) is 15.9. The number of Topliss-reactive ketones (excluding diaryl/α,β-unsaturated/α-hetero) is 1. The maximum absolute atomic E-state index is 14.0. The standard InChI is InChI=1S/C25H19F2NO5/c1-32-16-9-10-17(20(13-16)33-2)23(29)21-22(14-6-4-3-5-7-14)28(25(31)24(21)30)15-8-11-18(26)19(27)12-15/h3-13,22,29H,1-2H3/b23-21-. The Bertz CT molecular complexity index is 1270. The average Bonchev–Trinajstić information content (AvgIpc) is 3.11. The number of hydrogen-bond acceptors (Lipinski definition) is 5. The fraction of sp³-hybridized carbons (Fsp3) is 0.120. The molecule has 1 aliphatic heterocycles. The second-order valence-corrected chi connectivity index (χ2v) is 7.24. The minimum Gasteiger partial charge on any atom is -0.507 e. The Morgan fingerprint density at radius 1 is 0.909 bits per heavy atom. The first-order valence-corrected chi connectivity index (χ1v) is 9.90. The predicted octanol–water partition coefficient (Wildman–Crippen LogP) is 4.61. The fourth-order valence-corrected chi connectivity index (χ4v) is 3.82. The van der Waals surface area contributed by atoms with Gasteiger partial charge in [-0.05, 0) is 29.8 Å². The van der Waals surface area contributed by atoms with Gasteiger partial charge < -0.3 is 14.6 Å². The van der Waals surface area contributed by atoms with E-state index in [1.165, 1.54) is 32.4 Å². The lowest BCUT2D eigenvalue weighted by Crippen LogP contribution is -2.29. The molecular formula is C25H19F2NO5. The third kappa shape index (κ3) is 3.80. The molecule has 0 saturated carbocycles. The third-order valence-corrected chi connectivity index (χ3v) is 5.40. The molecule has 0 aromatic heterocycles. The van der Waals surface area contributed by atoms with Crippen molar-refractivity contribution < 1.29 is 33.0 Å². The van der Waals surface area contributed by atoms with Crippen molar-refractivity contribution in [3.63, 3.8) is 0 Å². The number of halogens is 2. The number of carbonyl (C=O) groups excluding carboxylic acids is 2. The molecule has 1 fully saturated rings. The van der Waals surface area contributed by atoms with E-state index in [-0.39, 0.29) is 22.6 Å². The summed E-state index contributed by atoms with van der Waals surface area (Å²) in [5.41, 5.74) is 0.433. The second-order valence-electron chi connectivity index (χ2n) is 7.24. The summed E-state index contributed by atoms with van der Waals surface area (Å²) in [6.07, 6.45) is 0. The molecular weight excluding hydrogens is 432 g/mol. The molecule has 4 rings (SSSR count). The van der Waals surface area contributed by atoms with Crippen molar-refractivity contribution in [2.45, 2.75) is 6.04 Å². The molecule has 33 heavy (non-hydrogen) atoms. The molecule has 1 N–H and O–H groups in total. The highest BCUT2D eigenvalue weighted by molar-refractivity contribution is 6.51. The van der Waals surface area contributed by atoms with Crippen LogP contribution in [-0.4, -0.2) is 31.0 Å². The second kappa shape index (κ2) is 8.74. The number of amides is 1. The van der Waals surface area contributed by atoms with Gasteiger partial charge in [0.2, 0.25) is 0 Å². The molecule has 1 aliphatic rings. The molecule has 168 valence electrons. The first kappa shape index (κ1) is 22.0. The number of methoxy groups -OCH3 is 2. The molecule has 0 spiro atoms. The van der Waals surface area contributed by atoms with Crippen molar-refractivity contribution in [1.82, 2.24) is 0 Å². The van der Waals surface area contributed by atoms with Crippen molar-refractivity contribution in [1.29, 1.82) is 0 Å². The number of anilines is 1. The summed E-state index contributed by atoms with van der Waals surface area (Å²) >= 11 is 0. The summed E-state index contributed by atoms with van der Waals surface area (Å²) in [5, 5.41) is 11.2. The molecule has 8 heteroatoms. The van der Waals surface area contributed by atoms with Crippen molar-refractivity contribution in [3.8, 4) is 11.5 Å². The number of aliphatic hydroxyl groups excluding tert-OH is 1. The Kier molecular flexibility index (Phi) is 5.83. The Hall–Kier alpha value is -4.20. The van der Waals surface area contributed by atoms with Crippen LogP contribution < -0.4 is 14.4 Å².